The summed E-state index contributed by atoms with van der Waals surface area (Å²) in [5.74, 6) is 0. The molecule has 0 amide bonds. The minimum atomic E-state index is 0.682. The van der Waals surface area contributed by atoms with Crippen molar-refractivity contribution in [3.8, 4) is 0 Å². The summed E-state index contributed by atoms with van der Waals surface area (Å²) in [7, 11) is 0. The largest absolute Gasteiger partial charge is 0.354 e. The molecule has 0 atom stereocenters. The van der Waals surface area contributed by atoms with E-state index < -0.39 is 0 Å². The van der Waals surface area contributed by atoms with Crippen molar-refractivity contribution in [2.45, 2.75) is 6.54 Å². The smallest absolute Gasteiger partial charge is 0.206 e. The zero-order valence-electron chi connectivity index (χ0n) is 6.49. The van der Waals surface area contributed by atoms with Gasteiger partial charge >= 0.3 is 0 Å². The molecular weight excluding hydrogens is 254 g/mol. The first kappa shape index (κ1) is 8.64. The number of anilines is 1. The standard InChI is InChI=1S/C6H6BrN5S/c7-5-11-12-6(13-5)9-2-4-1-8-3-10-4/h1,3H,2H2,(H,8,10)(H,9,12). The number of nitrogens with one attached hydrogen (secondary N) is 2. The van der Waals surface area contributed by atoms with Crippen LogP contribution in [0.25, 0.3) is 0 Å². The van der Waals surface area contributed by atoms with Gasteiger partial charge in [-0.2, -0.15) is 0 Å². The van der Waals surface area contributed by atoms with E-state index in [0.717, 1.165) is 14.7 Å². The van der Waals surface area contributed by atoms with Gasteiger partial charge in [0.25, 0.3) is 0 Å². The Morgan fingerprint density at radius 1 is 1.54 bits per heavy atom. The summed E-state index contributed by atoms with van der Waals surface area (Å²) in [4.78, 5) is 6.89. The highest BCUT2D eigenvalue weighted by Gasteiger charge is 2.00. The third kappa shape index (κ3) is 2.25. The van der Waals surface area contributed by atoms with Crippen LogP contribution in [0.3, 0.4) is 0 Å². The first-order chi connectivity index (χ1) is 6.34. The van der Waals surface area contributed by atoms with E-state index in [-0.39, 0.29) is 0 Å². The molecule has 0 saturated heterocycles. The highest BCUT2D eigenvalue weighted by molar-refractivity contribution is 9.11. The molecule has 0 spiro atoms. The molecule has 2 heterocycles. The van der Waals surface area contributed by atoms with E-state index in [9.17, 15) is 0 Å². The maximum atomic E-state index is 3.90. The second-order valence-corrected chi connectivity index (χ2v) is 4.54. The Balaban J connectivity index is 1.93. The molecule has 0 aliphatic rings. The van der Waals surface area contributed by atoms with Crippen LogP contribution in [0.5, 0.6) is 0 Å². The van der Waals surface area contributed by atoms with Gasteiger partial charge in [-0.05, 0) is 15.9 Å². The average molecular weight is 260 g/mol. The van der Waals surface area contributed by atoms with Crippen LogP contribution in [0, 0.1) is 0 Å². The summed E-state index contributed by atoms with van der Waals surface area (Å²) in [5.41, 5.74) is 1.02. The maximum absolute atomic E-state index is 3.90. The van der Waals surface area contributed by atoms with Crippen molar-refractivity contribution in [2.75, 3.05) is 5.32 Å². The monoisotopic (exact) mass is 259 g/mol. The number of hydrogen-bond acceptors (Lipinski definition) is 5. The number of H-pyrrole nitrogens is 1. The van der Waals surface area contributed by atoms with Crippen LogP contribution in [-0.4, -0.2) is 20.2 Å². The quantitative estimate of drug-likeness (QED) is 0.880. The fourth-order valence-corrected chi connectivity index (χ4v) is 1.84. The van der Waals surface area contributed by atoms with Crippen molar-refractivity contribution in [3.63, 3.8) is 0 Å². The van der Waals surface area contributed by atoms with Gasteiger partial charge in [-0.3, -0.25) is 0 Å². The summed E-state index contributed by atoms with van der Waals surface area (Å²) in [6.07, 6.45) is 3.41. The predicted octanol–water partition coefficient (Wildman–Crippen LogP) is 1.64. The summed E-state index contributed by atoms with van der Waals surface area (Å²) >= 11 is 4.69. The fraction of sp³-hybridized carbons (Fsp3) is 0.167. The summed E-state index contributed by atoms with van der Waals surface area (Å²) < 4.78 is 0.777. The summed E-state index contributed by atoms with van der Waals surface area (Å²) in [5, 5.41) is 11.6. The van der Waals surface area contributed by atoms with E-state index in [1.807, 2.05) is 0 Å². The molecule has 2 aromatic rings. The third-order valence-electron chi connectivity index (χ3n) is 1.39. The first-order valence-corrected chi connectivity index (χ1v) is 5.15. The highest BCUT2D eigenvalue weighted by Crippen LogP contribution is 2.20. The van der Waals surface area contributed by atoms with E-state index in [4.69, 9.17) is 0 Å². The molecule has 0 aliphatic heterocycles. The lowest BCUT2D eigenvalue weighted by Gasteiger charge is -1.96. The number of imidazole rings is 1. The Morgan fingerprint density at radius 3 is 3.08 bits per heavy atom. The third-order valence-corrected chi connectivity index (χ3v) is 2.70. The Kier molecular flexibility index (Phi) is 2.55. The van der Waals surface area contributed by atoms with Crippen LogP contribution in [0.2, 0.25) is 0 Å². The van der Waals surface area contributed by atoms with Crippen molar-refractivity contribution in [2.24, 2.45) is 0 Å². The van der Waals surface area contributed by atoms with Crippen LogP contribution in [0.4, 0.5) is 5.13 Å². The zero-order valence-corrected chi connectivity index (χ0v) is 8.89. The van der Waals surface area contributed by atoms with Gasteiger partial charge in [0, 0.05) is 6.20 Å². The number of nitrogens with zero attached hydrogens (tertiary/aromatic N) is 3. The second-order valence-electron chi connectivity index (χ2n) is 2.29. The van der Waals surface area contributed by atoms with Crippen molar-refractivity contribution in [3.05, 3.63) is 22.1 Å². The Morgan fingerprint density at radius 2 is 2.46 bits per heavy atom. The molecule has 0 unspecified atom stereocenters. The predicted molar refractivity (Wildman–Crippen MR) is 53.5 cm³/mol. The number of aromatic amines is 1. The van der Waals surface area contributed by atoms with Crippen molar-refractivity contribution < 1.29 is 0 Å². The lowest BCUT2D eigenvalue weighted by molar-refractivity contribution is 1.02. The van der Waals surface area contributed by atoms with Crippen LogP contribution >= 0.6 is 27.3 Å². The molecule has 13 heavy (non-hydrogen) atoms. The van der Waals surface area contributed by atoms with E-state index in [1.54, 1.807) is 12.5 Å². The fourth-order valence-electron chi connectivity index (χ4n) is 0.829. The van der Waals surface area contributed by atoms with Crippen LogP contribution < -0.4 is 5.32 Å². The molecule has 2 N–H and O–H groups in total. The van der Waals surface area contributed by atoms with Crippen LogP contribution in [0.15, 0.2) is 16.4 Å². The zero-order chi connectivity index (χ0) is 9.10. The molecule has 0 radical (unpaired) electrons. The Bertz CT molecular complexity index is 370. The second kappa shape index (κ2) is 3.84. The minimum absolute atomic E-state index is 0.682. The Labute approximate surface area is 86.7 Å². The van der Waals surface area contributed by atoms with Gasteiger partial charge < -0.3 is 10.3 Å². The summed E-state index contributed by atoms with van der Waals surface area (Å²) in [6.45, 7) is 0.682. The van der Waals surface area contributed by atoms with Crippen LogP contribution in [-0.2, 0) is 6.54 Å². The molecule has 0 aromatic carbocycles. The number of aromatic nitrogens is 4. The normalized spacial score (nSPS) is 10.2. The summed E-state index contributed by atoms with van der Waals surface area (Å²) in [6, 6.07) is 0. The molecule has 2 rings (SSSR count). The van der Waals surface area contributed by atoms with E-state index in [2.05, 4.69) is 41.4 Å². The van der Waals surface area contributed by atoms with Crippen molar-refractivity contribution >= 4 is 32.4 Å². The molecule has 68 valence electrons. The maximum Gasteiger partial charge on any atom is 0.206 e. The molecule has 0 aliphatic carbocycles. The van der Waals surface area contributed by atoms with Gasteiger partial charge in [0.1, 0.15) is 0 Å². The molecular formula is C6H6BrN5S. The number of hydrogen-bond donors (Lipinski definition) is 2. The van der Waals surface area contributed by atoms with Gasteiger partial charge in [0.15, 0.2) is 3.92 Å². The minimum Gasteiger partial charge on any atom is -0.354 e. The van der Waals surface area contributed by atoms with Gasteiger partial charge in [0.05, 0.1) is 18.6 Å². The van der Waals surface area contributed by atoms with Crippen LogP contribution in [0.1, 0.15) is 5.69 Å². The van der Waals surface area contributed by atoms with Gasteiger partial charge in [-0.15, -0.1) is 10.2 Å². The van der Waals surface area contributed by atoms with Gasteiger partial charge in [0.2, 0.25) is 5.13 Å². The molecule has 0 bridgehead atoms. The molecule has 7 heteroatoms. The van der Waals surface area contributed by atoms with E-state index >= 15 is 0 Å². The first-order valence-electron chi connectivity index (χ1n) is 3.55. The molecule has 0 fully saturated rings. The van der Waals surface area contributed by atoms with Crippen molar-refractivity contribution in [1.29, 1.82) is 0 Å². The van der Waals surface area contributed by atoms with Crippen molar-refractivity contribution in [1.82, 2.24) is 20.2 Å². The topological polar surface area (TPSA) is 66.5 Å². The van der Waals surface area contributed by atoms with E-state index in [0.29, 0.717) is 6.54 Å². The highest BCUT2D eigenvalue weighted by atomic mass is 79.9. The Hall–Kier alpha value is -0.950. The molecule has 2 aromatic heterocycles. The lowest BCUT2D eigenvalue weighted by atomic mass is 10.5. The lowest BCUT2D eigenvalue weighted by Crippen LogP contribution is -1.98. The van der Waals surface area contributed by atoms with Gasteiger partial charge in [-0.25, -0.2) is 4.98 Å². The number of rotatable bonds is 3. The number of halogens is 1. The SMILES string of the molecule is Brc1nnc(NCc2cnc[nH]2)s1. The molecule has 0 saturated carbocycles. The molecule has 5 nitrogen and oxygen atoms in total. The van der Waals surface area contributed by atoms with Gasteiger partial charge in [-0.1, -0.05) is 11.3 Å². The van der Waals surface area contributed by atoms with E-state index in [1.165, 1.54) is 11.3 Å². The average Bonchev–Trinajstić information content (AvgIpc) is 2.71.